The molecule has 18 heavy (non-hydrogen) atoms. The van der Waals surface area contributed by atoms with Gasteiger partial charge < -0.3 is 5.73 Å². The summed E-state index contributed by atoms with van der Waals surface area (Å²) >= 11 is 0. The zero-order valence-electron chi connectivity index (χ0n) is 9.95. The Bertz CT molecular complexity index is 677. The molecule has 2 rings (SSSR count). The van der Waals surface area contributed by atoms with E-state index in [-0.39, 0.29) is 10.7 Å². The fourth-order valence-electron chi connectivity index (χ4n) is 1.53. The van der Waals surface area contributed by atoms with E-state index < -0.39 is 10.0 Å². The summed E-state index contributed by atoms with van der Waals surface area (Å²) < 4.78 is 28.1. The largest absolute Gasteiger partial charge is 0.383 e. The van der Waals surface area contributed by atoms with Crippen molar-refractivity contribution in [2.24, 2.45) is 7.05 Å². The third kappa shape index (κ3) is 2.28. The Morgan fingerprint density at radius 2 is 2.17 bits per heavy atom. The van der Waals surface area contributed by atoms with Gasteiger partial charge in [-0.25, -0.2) is 13.4 Å². The average molecular weight is 267 g/mol. The number of aryl methyl sites for hydroxylation is 2. The lowest BCUT2D eigenvalue weighted by Crippen LogP contribution is -2.17. The van der Waals surface area contributed by atoms with E-state index in [0.29, 0.717) is 11.5 Å². The van der Waals surface area contributed by atoms with E-state index in [1.54, 1.807) is 20.0 Å². The van der Waals surface area contributed by atoms with Gasteiger partial charge in [-0.15, -0.1) is 0 Å². The van der Waals surface area contributed by atoms with E-state index in [0.717, 1.165) is 0 Å². The number of anilines is 2. The van der Waals surface area contributed by atoms with Gasteiger partial charge in [0.2, 0.25) is 0 Å². The van der Waals surface area contributed by atoms with Crippen molar-refractivity contribution in [2.75, 3.05) is 10.5 Å². The fourth-order valence-corrected chi connectivity index (χ4v) is 2.69. The molecule has 2 aromatic heterocycles. The van der Waals surface area contributed by atoms with Gasteiger partial charge >= 0.3 is 0 Å². The number of hydrogen-bond donors (Lipinski definition) is 2. The molecule has 0 radical (unpaired) electrons. The molecule has 0 aliphatic rings. The van der Waals surface area contributed by atoms with Crippen LogP contribution in [0.2, 0.25) is 0 Å². The van der Waals surface area contributed by atoms with Gasteiger partial charge in [-0.1, -0.05) is 0 Å². The monoisotopic (exact) mass is 267 g/mol. The molecular formula is C10H13N5O2S. The molecule has 2 heterocycles. The normalized spacial score (nSPS) is 11.4. The number of nitrogens with two attached hydrogens (primary N) is 1. The highest BCUT2D eigenvalue weighted by molar-refractivity contribution is 7.92. The van der Waals surface area contributed by atoms with Crippen molar-refractivity contribution in [1.82, 2.24) is 14.8 Å². The number of nitrogens with one attached hydrogen (secondary N) is 1. The zero-order chi connectivity index (χ0) is 13.3. The third-order valence-corrected chi connectivity index (χ3v) is 3.73. The van der Waals surface area contributed by atoms with E-state index in [4.69, 9.17) is 5.73 Å². The maximum Gasteiger partial charge on any atom is 0.266 e. The molecule has 0 aliphatic heterocycles. The smallest absolute Gasteiger partial charge is 0.266 e. The van der Waals surface area contributed by atoms with Crippen LogP contribution in [0.5, 0.6) is 0 Å². The highest BCUT2D eigenvalue weighted by atomic mass is 32.2. The number of hydrogen-bond acceptors (Lipinski definition) is 5. The molecule has 8 heteroatoms. The number of rotatable bonds is 3. The Morgan fingerprint density at radius 1 is 1.44 bits per heavy atom. The topological polar surface area (TPSA) is 103 Å². The Hall–Kier alpha value is -2.09. The minimum absolute atomic E-state index is 0.0381. The van der Waals surface area contributed by atoms with Gasteiger partial charge in [0.1, 0.15) is 16.5 Å². The van der Waals surface area contributed by atoms with Crippen molar-refractivity contribution >= 4 is 21.7 Å². The van der Waals surface area contributed by atoms with Gasteiger partial charge in [0.05, 0.1) is 5.69 Å². The van der Waals surface area contributed by atoms with Crippen LogP contribution in [0.3, 0.4) is 0 Å². The van der Waals surface area contributed by atoms with Crippen molar-refractivity contribution in [3.05, 3.63) is 30.1 Å². The van der Waals surface area contributed by atoms with Crippen LogP contribution in [-0.4, -0.2) is 23.2 Å². The second-order valence-corrected chi connectivity index (χ2v) is 5.44. The van der Waals surface area contributed by atoms with Gasteiger partial charge in [-0.05, 0) is 19.1 Å². The molecule has 0 saturated carbocycles. The van der Waals surface area contributed by atoms with Crippen LogP contribution in [-0.2, 0) is 17.1 Å². The Kier molecular flexibility index (Phi) is 2.95. The summed E-state index contributed by atoms with van der Waals surface area (Å²) in [6.07, 6.45) is 1.43. The first-order chi connectivity index (χ1) is 8.40. The molecule has 0 amide bonds. The molecule has 2 aromatic rings. The predicted octanol–water partition coefficient (Wildman–Crippen LogP) is 0.507. The summed E-state index contributed by atoms with van der Waals surface area (Å²) in [6.45, 7) is 1.77. The number of nitrogen functional groups attached to an aromatic ring is 1. The van der Waals surface area contributed by atoms with Crippen molar-refractivity contribution in [1.29, 1.82) is 0 Å². The lowest BCUT2D eigenvalue weighted by atomic mass is 10.5. The SMILES string of the molecule is Cc1cc(NS(=O)(=O)c2cccnc2N)n(C)n1. The van der Waals surface area contributed by atoms with Crippen LogP contribution < -0.4 is 10.5 Å². The average Bonchev–Trinajstić information content (AvgIpc) is 2.57. The molecule has 7 nitrogen and oxygen atoms in total. The molecule has 0 unspecified atom stereocenters. The summed E-state index contributed by atoms with van der Waals surface area (Å²) in [5, 5.41) is 4.05. The van der Waals surface area contributed by atoms with Crippen LogP contribution >= 0.6 is 0 Å². The maximum atomic E-state index is 12.1. The fraction of sp³-hybridized carbons (Fsp3) is 0.200. The highest BCUT2D eigenvalue weighted by Crippen LogP contribution is 2.19. The molecule has 0 atom stereocenters. The van der Waals surface area contributed by atoms with Gasteiger partial charge in [0.15, 0.2) is 0 Å². The van der Waals surface area contributed by atoms with E-state index in [1.807, 2.05) is 0 Å². The van der Waals surface area contributed by atoms with Gasteiger partial charge in [0, 0.05) is 19.3 Å². The standard InChI is InChI=1S/C10H13N5O2S/c1-7-6-9(15(2)13-7)14-18(16,17)8-4-3-5-12-10(8)11/h3-6,14H,1-2H3,(H2,11,12). The lowest BCUT2D eigenvalue weighted by molar-refractivity contribution is 0.600. The maximum absolute atomic E-state index is 12.1. The molecule has 96 valence electrons. The summed E-state index contributed by atoms with van der Waals surface area (Å²) in [6, 6.07) is 4.54. The molecule has 3 N–H and O–H groups in total. The second-order valence-electron chi connectivity index (χ2n) is 3.79. The first-order valence-electron chi connectivity index (χ1n) is 5.14. The van der Waals surface area contributed by atoms with E-state index in [1.165, 1.54) is 23.0 Å². The van der Waals surface area contributed by atoms with Crippen LogP contribution in [0.1, 0.15) is 5.69 Å². The van der Waals surface area contributed by atoms with Crippen LogP contribution in [0, 0.1) is 6.92 Å². The lowest BCUT2D eigenvalue weighted by Gasteiger charge is -2.08. The predicted molar refractivity (Wildman–Crippen MR) is 67.4 cm³/mol. The minimum atomic E-state index is -3.75. The molecule has 0 bridgehead atoms. The molecule has 0 aromatic carbocycles. The van der Waals surface area contributed by atoms with Crippen molar-refractivity contribution < 1.29 is 8.42 Å². The van der Waals surface area contributed by atoms with Gasteiger partial charge in [-0.2, -0.15) is 5.10 Å². The quantitative estimate of drug-likeness (QED) is 0.843. The van der Waals surface area contributed by atoms with Crippen LogP contribution in [0.15, 0.2) is 29.3 Å². The van der Waals surface area contributed by atoms with E-state index in [2.05, 4.69) is 14.8 Å². The summed E-state index contributed by atoms with van der Waals surface area (Å²) in [4.78, 5) is 3.70. The van der Waals surface area contributed by atoms with Gasteiger partial charge in [0.25, 0.3) is 10.0 Å². The minimum Gasteiger partial charge on any atom is -0.383 e. The molecular weight excluding hydrogens is 254 g/mol. The molecule has 0 saturated heterocycles. The van der Waals surface area contributed by atoms with Crippen molar-refractivity contribution in [2.45, 2.75) is 11.8 Å². The summed E-state index contributed by atoms with van der Waals surface area (Å²) in [5.74, 6) is 0.333. The number of aromatic nitrogens is 3. The van der Waals surface area contributed by atoms with Crippen molar-refractivity contribution in [3.63, 3.8) is 0 Å². The van der Waals surface area contributed by atoms with Gasteiger partial charge in [-0.3, -0.25) is 9.40 Å². The first-order valence-corrected chi connectivity index (χ1v) is 6.62. The number of sulfonamides is 1. The number of nitrogens with zero attached hydrogens (tertiary/aromatic N) is 3. The highest BCUT2D eigenvalue weighted by Gasteiger charge is 2.19. The second kappa shape index (κ2) is 4.30. The van der Waals surface area contributed by atoms with Crippen molar-refractivity contribution in [3.8, 4) is 0 Å². The number of pyridine rings is 1. The molecule has 0 fully saturated rings. The van der Waals surface area contributed by atoms with E-state index >= 15 is 0 Å². The summed E-state index contributed by atoms with van der Waals surface area (Å²) in [7, 11) is -2.10. The Morgan fingerprint density at radius 3 is 2.72 bits per heavy atom. The van der Waals surface area contributed by atoms with E-state index in [9.17, 15) is 8.42 Å². The zero-order valence-corrected chi connectivity index (χ0v) is 10.8. The third-order valence-electron chi connectivity index (χ3n) is 2.33. The summed E-state index contributed by atoms with van der Waals surface area (Å²) in [5.41, 5.74) is 6.27. The first kappa shape index (κ1) is 12.4. The molecule has 0 spiro atoms. The molecule has 0 aliphatic carbocycles. The Balaban J connectivity index is 2.39. The van der Waals surface area contributed by atoms with Crippen LogP contribution in [0.4, 0.5) is 11.6 Å². The van der Waals surface area contributed by atoms with Crippen LogP contribution in [0.25, 0.3) is 0 Å². The Labute approximate surface area is 105 Å².